The number of rotatable bonds is 7. The number of aryl methyl sites for hydroxylation is 2. The quantitative estimate of drug-likeness (QED) is 0.510. The minimum Gasteiger partial charge on any atom is -0.487 e. The summed E-state index contributed by atoms with van der Waals surface area (Å²) in [5.41, 5.74) is 0.714. The van der Waals surface area contributed by atoms with Crippen LogP contribution in [-0.2, 0) is 24.0 Å². The summed E-state index contributed by atoms with van der Waals surface area (Å²) in [7, 11) is 0. The third kappa shape index (κ3) is 5.00. The van der Waals surface area contributed by atoms with Gasteiger partial charge in [-0.05, 0) is 54.8 Å². The predicted octanol–water partition coefficient (Wildman–Crippen LogP) is 5.54. The highest BCUT2D eigenvalue weighted by Gasteiger charge is 2.35. The van der Waals surface area contributed by atoms with Crippen LogP contribution in [-0.4, -0.2) is 15.6 Å². The highest BCUT2D eigenvalue weighted by molar-refractivity contribution is 5.67. The van der Waals surface area contributed by atoms with E-state index in [-0.39, 0.29) is 24.4 Å². The largest absolute Gasteiger partial charge is 0.487 e. The Morgan fingerprint density at radius 3 is 2.53 bits per heavy atom. The van der Waals surface area contributed by atoms with Crippen LogP contribution in [0.2, 0.25) is 0 Å². The second-order valence-corrected chi connectivity index (χ2v) is 6.81. The number of hydrogen-bond donors (Lipinski definition) is 1. The van der Waals surface area contributed by atoms with E-state index in [2.05, 4.69) is 0 Å². The normalized spacial score (nSPS) is 11.5. The molecule has 30 heavy (non-hydrogen) atoms. The number of halogens is 4. The summed E-state index contributed by atoms with van der Waals surface area (Å²) in [5.74, 6) is -1.09. The maximum Gasteiger partial charge on any atom is 0.418 e. The van der Waals surface area contributed by atoms with Gasteiger partial charge in [0.05, 0.1) is 11.3 Å². The van der Waals surface area contributed by atoms with Crippen molar-refractivity contribution in [3.8, 4) is 11.4 Å². The average Bonchev–Trinajstić information content (AvgIpc) is 3.10. The molecule has 0 unspecified atom stereocenters. The topological polar surface area (TPSA) is 51.5 Å². The molecule has 0 fully saturated rings. The molecular formula is C22H19F4NO3. The average molecular weight is 421 g/mol. The first-order valence-corrected chi connectivity index (χ1v) is 9.12. The lowest BCUT2D eigenvalue weighted by Gasteiger charge is -2.16. The molecule has 8 heteroatoms. The highest BCUT2D eigenvalue weighted by Crippen LogP contribution is 2.35. The first kappa shape index (κ1) is 21.4. The fraction of sp³-hybridized carbons (Fsp3) is 0.227. The highest BCUT2D eigenvalue weighted by atomic mass is 19.4. The SMILES string of the molecule is Cc1cc(CCC(=O)O)ccc1OCc1c(C(F)(F)F)ccn1-c1cccc(F)c1. The minimum absolute atomic E-state index is 0.0181. The summed E-state index contributed by atoms with van der Waals surface area (Å²) in [5, 5.41) is 8.77. The van der Waals surface area contributed by atoms with Gasteiger partial charge in [0.1, 0.15) is 18.2 Å². The summed E-state index contributed by atoms with van der Waals surface area (Å²) in [4.78, 5) is 10.7. The van der Waals surface area contributed by atoms with Gasteiger partial charge in [0.2, 0.25) is 0 Å². The fourth-order valence-corrected chi connectivity index (χ4v) is 3.16. The van der Waals surface area contributed by atoms with Crippen LogP contribution in [0.5, 0.6) is 5.75 Å². The van der Waals surface area contributed by atoms with Crippen molar-refractivity contribution in [3.05, 3.63) is 82.9 Å². The molecule has 0 aliphatic carbocycles. The van der Waals surface area contributed by atoms with Crippen molar-refractivity contribution in [2.75, 3.05) is 0 Å². The van der Waals surface area contributed by atoms with E-state index in [9.17, 15) is 22.4 Å². The third-order valence-corrected chi connectivity index (χ3v) is 4.62. The van der Waals surface area contributed by atoms with Crippen LogP contribution < -0.4 is 4.74 Å². The Hall–Kier alpha value is -3.29. The van der Waals surface area contributed by atoms with Crippen LogP contribution in [0.4, 0.5) is 17.6 Å². The van der Waals surface area contributed by atoms with Crippen LogP contribution in [0.3, 0.4) is 0 Å². The van der Waals surface area contributed by atoms with Crippen LogP contribution in [0.15, 0.2) is 54.7 Å². The zero-order valence-electron chi connectivity index (χ0n) is 16.0. The van der Waals surface area contributed by atoms with Crippen molar-refractivity contribution in [1.82, 2.24) is 4.57 Å². The number of benzene rings is 2. The zero-order valence-corrected chi connectivity index (χ0v) is 16.0. The fourth-order valence-electron chi connectivity index (χ4n) is 3.16. The molecule has 0 aliphatic rings. The summed E-state index contributed by atoms with van der Waals surface area (Å²) < 4.78 is 60.9. The number of nitrogens with zero attached hydrogens (tertiary/aromatic N) is 1. The minimum atomic E-state index is -4.59. The number of alkyl halides is 3. The molecule has 0 saturated heterocycles. The lowest BCUT2D eigenvalue weighted by molar-refractivity contribution is -0.139. The number of carbonyl (C=O) groups is 1. The molecular weight excluding hydrogens is 402 g/mol. The first-order chi connectivity index (χ1) is 14.1. The van der Waals surface area contributed by atoms with E-state index in [0.29, 0.717) is 17.7 Å². The molecule has 0 amide bonds. The van der Waals surface area contributed by atoms with Gasteiger partial charge in [0.15, 0.2) is 0 Å². The lowest BCUT2D eigenvalue weighted by atomic mass is 10.1. The van der Waals surface area contributed by atoms with Crippen LogP contribution in [0, 0.1) is 12.7 Å². The van der Waals surface area contributed by atoms with E-state index in [1.54, 1.807) is 25.1 Å². The summed E-state index contributed by atoms with van der Waals surface area (Å²) in [6.07, 6.45) is -3.03. The first-order valence-electron chi connectivity index (χ1n) is 9.12. The van der Waals surface area contributed by atoms with Crippen molar-refractivity contribution < 1.29 is 32.2 Å². The van der Waals surface area contributed by atoms with E-state index < -0.39 is 23.5 Å². The molecule has 158 valence electrons. The molecule has 1 N–H and O–H groups in total. The Morgan fingerprint density at radius 2 is 1.90 bits per heavy atom. The van der Waals surface area contributed by atoms with E-state index in [1.165, 1.54) is 29.0 Å². The molecule has 0 bridgehead atoms. The maximum absolute atomic E-state index is 13.6. The summed E-state index contributed by atoms with van der Waals surface area (Å²) >= 11 is 0. The van der Waals surface area contributed by atoms with Gasteiger partial charge in [-0.1, -0.05) is 18.2 Å². The number of carboxylic acid groups (broad SMARTS) is 1. The molecule has 0 saturated carbocycles. The summed E-state index contributed by atoms with van der Waals surface area (Å²) in [6.45, 7) is 1.35. The van der Waals surface area contributed by atoms with Gasteiger partial charge in [-0.3, -0.25) is 4.79 Å². The van der Waals surface area contributed by atoms with Crippen molar-refractivity contribution in [2.45, 2.75) is 32.5 Å². The van der Waals surface area contributed by atoms with E-state index in [1.807, 2.05) is 0 Å². The Morgan fingerprint density at radius 1 is 1.13 bits per heavy atom. The second-order valence-electron chi connectivity index (χ2n) is 6.81. The van der Waals surface area contributed by atoms with Crippen molar-refractivity contribution in [2.24, 2.45) is 0 Å². The Balaban J connectivity index is 1.87. The molecule has 4 nitrogen and oxygen atoms in total. The van der Waals surface area contributed by atoms with Gasteiger partial charge in [-0.25, -0.2) is 4.39 Å². The van der Waals surface area contributed by atoms with E-state index in [4.69, 9.17) is 9.84 Å². The number of aliphatic carboxylic acids is 1. The predicted molar refractivity (Wildman–Crippen MR) is 102 cm³/mol. The second kappa shape index (κ2) is 8.61. The molecule has 0 aliphatic heterocycles. The standard InChI is InChI=1S/C22H19F4NO3/c1-14-11-15(6-8-21(28)29)5-7-20(14)30-13-19-18(22(24,25)26)9-10-27(19)17-4-2-3-16(23)12-17/h2-5,7,9-12H,6,8,13H2,1H3,(H,28,29). The zero-order chi connectivity index (χ0) is 21.9. The number of aromatic nitrogens is 1. The van der Waals surface area contributed by atoms with Gasteiger partial charge in [0, 0.05) is 18.3 Å². The van der Waals surface area contributed by atoms with Crippen molar-refractivity contribution in [3.63, 3.8) is 0 Å². The van der Waals surface area contributed by atoms with Crippen LogP contribution in [0.1, 0.15) is 28.8 Å². The van der Waals surface area contributed by atoms with Gasteiger partial charge in [0.25, 0.3) is 0 Å². The van der Waals surface area contributed by atoms with Gasteiger partial charge < -0.3 is 14.4 Å². The number of carboxylic acids is 1. The van der Waals surface area contributed by atoms with E-state index >= 15 is 0 Å². The molecule has 3 rings (SSSR count). The maximum atomic E-state index is 13.6. The van der Waals surface area contributed by atoms with Gasteiger partial charge in [-0.15, -0.1) is 0 Å². The molecule has 3 aromatic rings. The smallest absolute Gasteiger partial charge is 0.418 e. The van der Waals surface area contributed by atoms with E-state index in [0.717, 1.165) is 17.7 Å². The molecule has 0 radical (unpaired) electrons. The molecule has 2 aromatic carbocycles. The molecule has 1 aromatic heterocycles. The number of hydrogen-bond acceptors (Lipinski definition) is 2. The summed E-state index contributed by atoms with van der Waals surface area (Å²) in [6, 6.07) is 11.3. The molecule has 0 atom stereocenters. The van der Waals surface area contributed by atoms with Crippen LogP contribution >= 0.6 is 0 Å². The van der Waals surface area contributed by atoms with Gasteiger partial charge in [-0.2, -0.15) is 13.2 Å². The monoisotopic (exact) mass is 421 g/mol. The van der Waals surface area contributed by atoms with Crippen molar-refractivity contribution in [1.29, 1.82) is 0 Å². The Bertz CT molecular complexity index is 1060. The van der Waals surface area contributed by atoms with Crippen LogP contribution in [0.25, 0.3) is 5.69 Å². The van der Waals surface area contributed by atoms with Crippen molar-refractivity contribution >= 4 is 5.97 Å². The Kier molecular flexibility index (Phi) is 6.14. The van der Waals surface area contributed by atoms with Gasteiger partial charge >= 0.3 is 12.1 Å². The Labute approximate surface area is 170 Å². The number of ether oxygens (including phenoxy) is 1. The molecule has 1 heterocycles. The lowest BCUT2D eigenvalue weighted by Crippen LogP contribution is -2.13. The molecule has 0 spiro atoms. The third-order valence-electron chi connectivity index (χ3n) is 4.62.